The number of ether oxygens (including phenoxy) is 3. The fourth-order valence-corrected chi connectivity index (χ4v) is 3.10. The van der Waals surface area contributed by atoms with Gasteiger partial charge >= 0.3 is 5.97 Å². The minimum atomic E-state index is -1.01. The van der Waals surface area contributed by atoms with Gasteiger partial charge in [0.25, 0.3) is 11.6 Å². The molecule has 1 aliphatic rings. The van der Waals surface area contributed by atoms with Crippen molar-refractivity contribution in [2.75, 3.05) is 25.1 Å². The first-order valence-electron chi connectivity index (χ1n) is 8.16. The van der Waals surface area contributed by atoms with Crippen molar-refractivity contribution in [3.8, 4) is 11.5 Å². The van der Waals surface area contributed by atoms with Crippen molar-refractivity contribution in [2.45, 2.75) is 6.92 Å². The zero-order chi connectivity index (χ0) is 20.3. The summed E-state index contributed by atoms with van der Waals surface area (Å²) >= 11 is 3.33. The van der Waals surface area contributed by atoms with Crippen molar-refractivity contribution >= 4 is 39.2 Å². The maximum Gasteiger partial charge on any atom is 0.345 e. The lowest BCUT2D eigenvalue weighted by molar-refractivity contribution is -0.385. The van der Waals surface area contributed by atoms with Gasteiger partial charge in [0.1, 0.15) is 18.8 Å². The highest BCUT2D eigenvalue weighted by Crippen LogP contribution is 2.36. The van der Waals surface area contributed by atoms with E-state index in [0.717, 1.165) is 11.6 Å². The highest BCUT2D eigenvalue weighted by Gasteiger charge is 2.27. The summed E-state index contributed by atoms with van der Waals surface area (Å²) in [6, 6.07) is 7.62. The van der Waals surface area contributed by atoms with Gasteiger partial charge in [0.2, 0.25) is 0 Å². The monoisotopic (exact) mass is 450 g/mol. The Hall–Kier alpha value is -3.14. The lowest BCUT2D eigenvalue weighted by atomic mass is 10.1. The molecule has 0 aliphatic carbocycles. The molecular formula is C18H15BrN2O7. The molecule has 3 rings (SSSR count). The SMILES string of the molecule is Cc1ccc(NC(=O)COC(=O)c2cc3c(cc2[N+](=O)[O-])OCCO3)c(Br)c1. The van der Waals surface area contributed by atoms with E-state index in [0.29, 0.717) is 10.2 Å². The first-order valence-corrected chi connectivity index (χ1v) is 8.95. The van der Waals surface area contributed by atoms with Crippen molar-refractivity contribution in [2.24, 2.45) is 0 Å². The fourth-order valence-electron chi connectivity index (χ4n) is 2.51. The molecule has 0 bridgehead atoms. The van der Waals surface area contributed by atoms with Crippen molar-refractivity contribution in [1.82, 2.24) is 0 Å². The van der Waals surface area contributed by atoms with Crippen LogP contribution in [-0.4, -0.2) is 36.6 Å². The number of rotatable bonds is 5. The van der Waals surface area contributed by atoms with E-state index in [2.05, 4.69) is 21.2 Å². The average Bonchev–Trinajstić information content (AvgIpc) is 2.67. The molecule has 2 aromatic rings. The highest BCUT2D eigenvalue weighted by molar-refractivity contribution is 9.10. The lowest BCUT2D eigenvalue weighted by Gasteiger charge is -2.18. The van der Waals surface area contributed by atoms with Crippen LogP contribution in [0.5, 0.6) is 11.5 Å². The van der Waals surface area contributed by atoms with Crippen molar-refractivity contribution in [3.63, 3.8) is 0 Å². The van der Waals surface area contributed by atoms with Crippen molar-refractivity contribution in [1.29, 1.82) is 0 Å². The van der Waals surface area contributed by atoms with Gasteiger partial charge in [0.15, 0.2) is 18.1 Å². The molecular weight excluding hydrogens is 436 g/mol. The standard InChI is InChI=1S/C18H15BrN2O7/c1-10-2-3-13(12(19)6-10)20-17(22)9-28-18(23)11-7-15-16(27-5-4-26-15)8-14(11)21(24)25/h2-3,6-8H,4-5,9H2,1H3,(H,20,22). The Morgan fingerprint density at radius 2 is 1.89 bits per heavy atom. The Bertz CT molecular complexity index is 961. The number of halogens is 1. The number of nitrogens with one attached hydrogen (secondary N) is 1. The van der Waals surface area contributed by atoms with E-state index in [1.165, 1.54) is 6.07 Å². The summed E-state index contributed by atoms with van der Waals surface area (Å²) in [7, 11) is 0. The van der Waals surface area contributed by atoms with Gasteiger partial charge in [-0.05, 0) is 40.5 Å². The van der Waals surface area contributed by atoms with Crippen molar-refractivity contribution < 1.29 is 28.7 Å². The summed E-state index contributed by atoms with van der Waals surface area (Å²) in [6.45, 7) is 1.80. The van der Waals surface area contributed by atoms with Gasteiger partial charge < -0.3 is 19.5 Å². The van der Waals surface area contributed by atoms with E-state index < -0.39 is 29.1 Å². The van der Waals surface area contributed by atoms with Crippen LogP contribution in [0.3, 0.4) is 0 Å². The largest absolute Gasteiger partial charge is 0.486 e. The Balaban J connectivity index is 1.70. The zero-order valence-electron chi connectivity index (χ0n) is 14.7. The number of esters is 1. The van der Waals surface area contributed by atoms with Crippen LogP contribution in [0.4, 0.5) is 11.4 Å². The summed E-state index contributed by atoms with van der Waals surface area (Å²) in [5.41, 5.74) is 0.702. The number of aryl methyl sites for hydroxylation is 1. The van der Waals surface area contributed by atoms with Crippen LogP contribution in [0.25, 0.3) is 0 Å². The molecule has 0 radical (unpaired) electrons. The number of amides is 1. The van der Waals surface area contributed by atoms with Gasteiger partial charge in [0, 0.05) is 10.5 Å². The van der Waals surface area contributed by atoms with Crippen LogP contribution < -0.4 is 14.8 Å². The summed E-state index contributed by atoms with van der Waals surface area (Å²) in [6.07, 6.45) is 0. The number of carbonyl (C=O) groups excluding carboxylic acids is 2. The second-order valence-corrected chi connectivity index (χ2v) is 6.73. The minimum Gasteiger partial charge on any atom is -0.486 e. The van der Waals surface area contributed by atoms with Gasteiger partial charge in [-0.1, -0.05) is 6.07 Å². The first-order chi connectivity index (χ1) is 13.3. The summed E-state index contributed by atoms with van der Waals surface area (Å²) < 4.78 is 16.2. The molecule has 1 N–H and O–H groups in total. The predicted octanol–water partition coefficient (Wildman–Crippen LogP) is 3.23. The summed E-state index contributed by atoms with van der Waals surface area (Å²) in [5.74, 6) is -1.21. The predicted molar refractivity (Wildman–Crippen MR) is 102 cm³/mol. The third-order valence-electron chi connectivity index (χ3n) is 3.81. The van der Waals surface area contributed by atoms with Crippen LogP contribution in [0, 0.1) is 17.0 Å². The van der Waals surface area contributed by atoms with Crippen LogP contribution >= 0.6 is 15.9 Å². The van der Waals surface area contributed by atoms with E-state index in [9.17, 15) is 19.7 Å². The quantitative estimate of drug-likeness (QED) is 0.422. The molecule has 0 saturated carbocycles. The third kappa shape index (κ3) is 4.39. The van der Waals surface area contributed by atoms with E-state index in [1.807, 2.05) is 19.1 Å². The highest BCUT2D eigenvalue weighted by atomic mass is 79.9. The maximum atomic E-state index is 12.3. The summed E-state index contributed by atoms with van der Waals surface area (Å²) in [5, 5.41) is 13.9. The molecule has 0 unspecified atom stereocenters. The molecule has 28 heavy (non-hydrogen) atoms. The zero-order valence-corrected chi connectivity index (χ0v) is 16.3. The Morgan fingerprint density at radius 3 is 2.54 bits per heavy atom. The smallest absolute Gasteiger partial charge is 0.345 e. The van der Waals surface area contributed by atoms with Gasteiger partial charge in [-0.25, -0.2) is 4.79 Å². The van der Waals surface area contributed by atoms with Crippen LogP contribution in [-0.2, 0) is 9.53 Å². The van der Waals surface area contributed by atoms with Crippen LogP contribution in [0.2, 0.25) is 0 Å². The number of anilines is 1. The number of nitrogens with zero attached hydrogens (tertiary/aromatic N) is 1. The first kappa shape index (κ1) is 19.6. The molecule has 0 saturated heterocycles. The average molecular weight is 451 g/mol. The molecule has 2 aromatic carbocycles. The second kappa shape index (κ2) is 8.26. The summed E-state index contributed by atoms with van der Waals surface area (Å²) in [4.78, 5) is 34.9. The molecule has 146 valence electrons. The molecule has 10 heteroatoms. The number of nitro groups is 1. The second-order valence-electron chi connectivity index (χ2n) is 5.88. The lowest BCUT2D eigenvalue weighted by Crippen LogP contribution is -2.22. The topological polar surface area (TPSA) is 117 Å². The third-order valence-corrected chi connectivity index (χ3v) is 4.47. The van der Waals surface area contributed by atoms with Gasteiger partial charge in [0.05, 0.1) is 16.7 Å². The molecule has 1 amide bonds. The minimum absolute atomic E-state index is 0.177. The van der Waals surface area contributed by atoms with Crippen LogP contribution in [0.1, 0.15) is 15.9 Å². The molecule has 0 spiro atoms. The number of benzene rings is 2. The van der Waals surface area contributed by atoms with E-state index >= 15 is 0 Å². The number of hydrogen-bond donors (Lipinski definition) is 1. The Kier molecular flexibility index (Phi) is 5.78. The number of fused-ring (bicyclic) bond motifs is 1. The number of hydrogen-bond acceptors (Lipinski definition) is 7. The Morgan fingerprint density at radius 1 is 1.21 bits per heavy atom. The van der Waals surface area contributed by atoms with Crippen LogP contribution in [0.15, 0.2) is 34.8 Å². The Labute approximate surface area is 167 Å². The number of nitro benzene ring substituents is 1. The molecule has 0 aromatic heterocycles. The van der Waals surface area contributed by atoms with E-state index in [4.69, 9.17) is 14.2 Å². The van der Waals surface area contributed by atoms with Crippen molar-refractivity contribution in [3.05, 3.63) is 56.0 Å². The fraction of sp³-hybridized carbons (Fsp3) is 0.222. The van der Waals surface area contributed by atoms with E-state index in [1.54, 1.807) is 6.07 Å². The van der Waals surface area contributed by atoms with E-state index in [-0.39, 0.29) is 30.3 Å². The maximum absolute atomic E-state index is 12.3. The normalized spacial score (nSPS) is 12.2. The molecule has 0 fully saturated rings. The van der Waals surface area contributed by atoms with Gasteiger partial charge in [-0.3, -0.25) is 14.9 Å². The molecule has 9 nitrogen and oxygen atoms in total. The molecule has 1 aliphatic heterocycles. The number of carbonyl (C=O) groups is 2. The molecule has 1 heterocycles. The molecule has 0 atom stereocenters. The van der Waals surface area contributed by atoms with Gasteiger partial charge in [-0.2, -0.15) is 0 Å². The van der Waals surface area contributed by atoms with Gasteiger partial charge in [-0.15, -0.1) is 0 Å².